The number of carbonyl (C=O) groups excluding carboxylic acids is 1. The maximum absolute atomic E-state index is 13.1. The molecule has 0 aliphatic carbocycles. The van der Waals surface area contributed by atoms with Gasteiger partial charge < -0.3 is 40.3 Å². The average molecular weight is 983 g/mol. The second kappa shape index (κ2) is 49.9. The molecule has 0 aromatic carbocycles. The van der Waals surface area contributed by atoms with Crippen LogP contribution in [0.4, 0.5) is 0 Å². The Bertz CT molecular complexity index is 1370. The zero-order valence-corrected chi connectivity index (χ0v) is 44.7. The summed E-state index contributed by atoms with van der Waals surface area (Å²) in [6, 6.07) is -0.725. The lowest BCUT2D eigenvalue weighted by Crippen LogP contribution is -2.60. The van der Waals surface area contributed by atoms with Crippen LogP contribution in [0.15, 0.2) is 85.1 Å². The highest BCUT2D eigenvalue weighted by Crippen LogP contribution is 2.23. The molecule has 1 saturated heterocycles. The Morgan fingerprint density at radius 3 is 1.31 bits per heavy atom. The highest BCUT2D eigenvalue weighted by Gasteiger charge is 2.44. The molecule has 1 rings (SSSR count). The lowest BCUT2D eigenvalue weighted by molar-refractivity contribution is -0.302. The standard InChI is InChI=1S/C61H107NO8/c1-3-5-7-9-11-13-15-17-19-20-21-22-23-24-25-26-27-28-29-30-31-32-33-34-35-36-37-39-41-43-45-47-49-51-57(65)62-54(53-69-61-60(68)59(67)58(66)56(52-63)70-61)55(64)50-48-46-44-42-40-38-18-16-14-12-10-8-6-4-2/h5,7,11,13,17,19,21-22,24-25,27-28,30-31,54-56,58-61,63-64,66-68H,3-4,6,8-10,12,14-16,18,20,23,26,29,32-53H2,1-2H3,(H,62,65)/b7-5-,13-11-,19-17-,22-21-,25-24-,28-27-,31-30-. The molecule has 9 nitrogen and oxygen atoms in total. The fourth-order valence-electron chi connectivity index (χ4n) is 8.73. The number of rotatable bonds is 48. The molecule has 1 heterocycles. The van der Waals surface area contributed by atoms with Crippen LogP contribution >= 0.6 is 0 Å². The van der Waals surface area contributed by atoms with Crippen molar-refractivity contribution in [2.45, 2.75) is 281 Å². The van der Waals surface area contributed by atoms with Crippen LogP contribution < -0.4 is 5.32 Å². The molecule has 0 aromatic heterocycles. The van der Waals surface area contributed by atoms with Gasteiger partial charge in [0.25, 0.3) is 0 Å². The van der Waals surface area contributed by atoms with Crippen LogP contribution in [-0.2, 0) is 14.3 Å². The Labute approximate surface area is 429 Å². The van der Waals surface area contributed by atoms with Crippen molar-refractivity contribution in [3.8, 4) is 0 Å². The van der Waals surface area contributed by atoms with Gasteiger partial charge >= 0.3 is 0 Å². The van der Waals surface area contributed by atoms with Gasteiger partial charge in [-0.2, -0.15) is 0 Å². The fraction of sp³-hybridized carbons (Fsp3) is 0.754. The van der Waals surface area contributed by atoms with E-state index in [1.54, 1.807) is 0 Å². The maximum atomic E-state index is 13.1. The second-order valence-corrected chi connectivity index (χ2v) is 19.7. The first kappa shape index (κ1) is 65.4. The molecule has 0 radical (unpaired) electrons. The van der Waals surface area contributed by atoms with Crippen molar-refractivity contribution in [3.05, 3.63) is 85.1 Å². The third-order valence-electron chi connectivity index (χ3n) is 13.3. The molecule has 1 fully saturated rings. The van der Waals surface area contributed by atoms with E-state index >= 15 is 0 Å². The molecule has 6 N–H and O–H groups in total. The normalized spacial score (nSPS) is 20.0. The van der Waals surface area contributed by atoms with Crippen LogP contribution in [0.25, 0.3) is 0 Å². The van der Waals surface area contributed by atoms with Crippen LogP contribution in [0.1, 0.15) is 239 Å². The summed E-state index contributed by atoms with van der Waals surface area (Å²) in [5.41, 5.74) is 0. The van der Waals surface area contributed by atoms with Crippen molar-refractivity contribution >= 4 is 5.91 Å². The van der Waals surface area contributed by atoms with Crippen molar-refractivity contribution in [2.24, 2.45) is 0 Å². The van der Waals surface area contributed by atoms with Gasteiger partial charge in [0.2, 0.25) is 5.91 Å². The lowest BCUT2D eigenvalue weighted by atomic mass is 9.99. The molecule has 404 valence electrons. The second-order valence-electron chi connectivity index (χ2n) is 19.7. The van der Waals surface area contributed by atoms with Crippen molar-refractivity contribution in [1.82, 2.24) is 5.32 Å². The van der Waals surface area contributed by atoms with Gasteiger partial charge in [0.15, 0.2) is 6.29 Å². The predicted molar refractivity (Wildman–Crippen MR) is 295 cm³/mol. The van der Waals surface area contributed by atoms with Crippen molar-refractivity contribution in [1.29, 1.82) is 0 Å². The Kier molecular flexibility index (Phi) is 46.6. The Morgan fingerprint density at radius 1 is 0.500 bits per heavy atom. The van der Waals surface area contributed by atoms with Gasteiger partial charge in [-0.05, 0) is 70.6 Å². The Morgan fingerprint density at radius 2 is 0.886 bits per heavy atom. The first-order chi connectivity index (χ1) is 34.3. The number of nitrogens with one attached hydrogen (secondary N) is 1. The van der Waals surface area contributed by atoms with Crippen LogP contribution in [0.5, 0.6) is 0 Å². The van der Waals surface area contributed by atoms with E-state index in [-0.39, 0.29) is 12.5 Å². The van der Waals surface area contributed by atoms with E-state index in [1.165, 1.54) is 122 Å². The van der Waals surface area contributed by atoms with Gasteiger partial charge in [0.05, 0.1) is 25.4 Å². The van der Waals surface area contributed by atoms with Gasteiger partial charge in [-0.15, -0.1) is 0 Å². The van der Waals surface area contributed by atoms with Crippen molar-refractivity contribution in [2.75, 3.05) is 13.2 Å². The van der Waals surface area contributed by atoms with Gasteiger partial charge in [0.1, 0.15) is 24.4 Å². The summed E-state index contributed by atoms with van der Waals surface area (Å²) >= 11 is 0. The first-order valence-electron chi connectivity index (χ1n) is 28.8. The van der Waals surface area contributed by atoms with Crippen LogP contribution in [0.3, 0.4) is 0 Å². The number of carbonyl (C=O) groups is 1. The van der Waals surface area contributed by atoms with Crippen molar-refractivity contribution < 1.29 is 39.8 Å². The van der Waals surface area contributed by atoms with E-state index in [0.29, 0.717) is 12.8 Å². The van der Waals surface area contributed by atoms with Crippen molar-refractivity contribution in [3.63, 3.8) is 0 Å². The summed E-state index contributed by atoms with van der Waals surface area (Å²) in [7, 11) is 0. The van der Waals surface area contributed by atoms with E-state index in [2.05, 4.69) is 104 Å². The minimum Gasteiger partial charge on any atom is -0.394 e. The molecule has 70 heavy (non-hydrogen) atoms. The number of aliphatic hydroxyl groups excluding tert-OH is 5. The SMILES string of the molecule is CC/C=C\C/C=C\C/C=C\C/C=C\C/C=C\C/C=C\C/C=C\CCCCCCCCCCCCCC(=O)NC(COC1OC(CO)C(O)C(O)C1O)C(O)CCCCCCCCCCCCCCCC. The number of hydrogen-bond donors (Lipinski definition) is 6. The number of hydrogen-bond acceptors (Lipinski definition) is 8. The van der Waals surface area contributed by atoms with E-state index < -0.39 is 49.5 Å². The topological polar surface area (TPSA) is 149 Å². The monoisotopic (exact) mass is 982 g/mol. The number of amides is 1. The third-order valence-corrected chi connectivity index (χ3v) is 13.3. The molecule has 1 aliphatic rings. The fourth-order valence-corrected chi connectivity index (χ4v) is 8.73. The van der Waals surface area contributed by atoms with Crippen LogP contribution in [0.2, 0.25) is 0 Å². The van der Waals surface area contributed by atoms with E-state index in [1.807, 2.05) is 0 Å². The third kappa shape index (κ3) is 39.0. The molecule has 7 atom stereocenters. The number of allylic oxidation sites excluding steroid dienone is 14. The maximum Gasteiger partial charge on any atom is 0.220 e. The first-order valence-corrected chi connectivity index (χ1v) is 28.8. The summed E-state index contributed by atoms with van der Waals surface area (Å²) in [6.45, 7) is 3.72. The lowest BCUT2D eigenvalue weighted by Gasteiger charge is -2.40. The number of unbranched alkanes of at least 4 members (excludes halogenated alkanes) is 24. The van der Waals surface area contributed by atoms with E-state index in [0.717, 1.165) is 89.9 Å². The molecule has 0 saturated carbocycles. The van der Waals surface area contributed by atoms with Crippen LogP contribution in [-0.4, -0.2) is 87.5 Å². The quantitative estimate of drug-likeness (QED) is 0.0261. The zero-order valence-electron chi connectivity index (χ0n) is 44.7. The summed E-state index contributed by atoms with van der Waals surface area (Å²) in [5, 5.41) is 54.6. The van der Waals surface area contributed by atoms with Gasteiger partial charge in [-0.1, -0.05) is 247 Å². The Hall–Kier alpha value is -2.63. The number of aliphatic hydroxyl groups is 5. The van der Waals surface area contributed by atoms with Gasteiger partial charge in [0, 0.05) is 6.42 Å². The average Bonchev–Trinajstić information content (AvgIpc) is 3.36. The molecule has 7 unspecified atom stereocenters. The van der Waals surface area contributed by atoms with Gasteiger partial charge in [-0.3, -0.25) is 4.79 Å². The summed E-state index contributed by atoms with van der Waals surface area (Å²) in [4.78, 5) is 13.1. The molecule has 1 amide bonds. The highest BCUT2D eigenvalue weighted by molar-refractivity contribution is 5.76. The summed E-state index contributed by atoms with van der Waals surface area (Å²) in [6.07, 6.45) is 63.2. The molecular formula is C61H107NO8. The summed E-state index contributed by atoms with van der Waals surface area (Å²) < 4.78 is 11.3. The molecule has 0 aromatic rings. The van der Waals surface area contributed by atoms with Gasteiger partial charge in [-0.25, -0.2) is 0 Å². The predicted octanol–water partition coefficient (Wildman–Crippen LogP) is 14.2. The van der Waals surface area contributed by atoms with E-state index in [4.69, 9.17) is 9.47 Å². The minimum absolute atomic E-state index is 0.142. The molecular weight excluding hydrogens is 875 g/mol. The number of ether oxygens (including phenoxy) is 2. The largest absolute Gasteiger partial charge is 0.394 e. The van der Waals surface area contributed by atoms with Crippen LogP contribution in [0, 0.1) is 0 Å². The molecule has 1 aliphatic heterocycles. The highest BCUT2D eigenvalue weighted by atomic mass is 16.7. The smallest absolute Gasteiger partial charge is 0.220 e. The summed E-state index contributed by atoms with van der Waals surface area (Å²) in [5.74, 6) is -0.150. The minimum atomic E-state index is -1.56. The Balaban J connectivity index is 2.16. The molecule has 0 bridgehead atoms. The molecule has 9 heteroatoms. The zero-order chi connectivity index (χ0) is 50.8. The molecule has 0 spiro atoms. The van der Waals surface area contributed by atoms with E-state index in [9.17, 15) is 30.3 Å².